The van der Waals surface area contributed by atoms with Crippen LogP contribution in [-0.4, -0.2) is 238 Å². The molecule has 2 aromatic rings. The van der Waals surface area contributed by atoms with Crippen LogP contribution in [0.5, 0.6) is 11.5 Å². The Morgan fingerprint density at radius 3 is 1.83 bits per heavy atom. The summed E-state index contributed by atoms with van der Waals surface area (Å²) in [6.07, 6.45) is 7.21. The van der Waals surface area contributed by atoms with Crippen LogP contribution in [0.3, 0.4) is 0 Å². The number of aliphatic hydroxyl groups is 10. The molecule has 16 N–H and O–H groups in total. The first-order valence-corrected chi connectivity index (χ1v) is 39.5. The van der Waals surface area contributed by atoms with Gasteiger partial charge in [-0.3, -0.25) is 19.2 Å². The number of phenolic OH excluding ortho intramolecular Hbond substituents is 1. The number of ketones is 1. The summed E-state index contributed by atoms with van der Waals surface area (Å²) < 4.78 is 41.3. The molecule has 20 atom stereocenters. The van der Waals surface area contributed by atoms with E-state index in [2.05, 4.69) is 29.8 Å². The Labute approximate surface area is 638 Å². The van der Waals surface area contributed by atoms with Gasteiger partial charge >= 0.3 is 11.9 Å². The van der Waals surface area contributed by atoms with E-state index in [1.165, 1.54) is 152 Å². The van der Waals surface area contributed by atoms with E-state index in [0.29, 0.717) is 18.4 Å². The summed E-state index contributed by atoms with van der Waals surface area (Å²) >= 11 is 0. The molecule has 29 heteroatoms. The van der Waals surface area contributed by atoms with E-state index in [4.69, 9.17) is 33.2 Å². The Kier molecular flexibility index (Phi) is 37.9. The summed E-state index contributed by atoms with van der Waals surface area (Å²) in [6, 6.07) is 5.07. The average molecular weight is 1540 g/mol. The zero-order chi connectivity index (χ0) is 79.2. The Balaban J connectivity index is 0.980. The minimum absolute atomic E-state index is 0.154. The number of fused-ring (bicyclic) bond motifs is 2. The van der Waals surface area contributed by atoms with Gasteiger partial charge in [-0.25, -0.2) is 9.59 Å². The molecule has 7 rings (SSSR count). The van der Waals surface area contributed by atoms with E-state index in [1.807, 2.05) is 6.08 Å². The largest absolute Gasteiger partial charge is 0.508 e. The van der Waals surface area contributed by atoms with Crippen LogP contribution in [0.25, 0.3) is 0 Å². The van der Waals surface area contributed by atoms with Crippen molar-refractivity contribution in [1.29, 1.82) is 0 Å². The highest BCUT2D eigenvalue weighted by Crippen LogP contribution is 2.49. The number of aliphatic hydroxyl groups excluding tert-OH is 10. The summed E-state index contributed by atoms with van der Waals surface area (Å²) in [5, 5.41) is 154. The Hall–Kier alpha value is -6.36. The molecule has 3 amide bonds. The molecule has 3 fully saturated rings. The van der Waals surface area contributed by atoms with Gasteiger partial charge in [-0.1, -0.05) is 198 Å². The monoisotopic (exact) mass is 1540 g/mol. The van der Waals surface area contributed by atoms with Crippen LogP contribution in [0.1, 0.15) is 245 Å². The number of allylic oxidation sites excluding steroid dienone is 4. The van der Waals surface area contributed by atoms with Crippen LogP contribution in [0.2, 0.25) is 0 Å². The molecule has 0 spiro atoms. The van der Waals surface area contributed by atoms with Crippen LogP contribution >= 0.6 is 0 Å². The van der Waals surface area contributed by atoms with Gasteiger partial charge in [0.15, 0.2) is 18.4 Å². The van der Waals surface area contributed by atoms with E-state index in [0.717, 1.165) is 64.4 Å². The molecule has 2 aromatic carbocycles. The second-order valence-electron chi connectivity index (χ2n) is 29.7. The zero-order valence-corrected chi connectivity index (χ0v) is 63.3. The molecular weight excluding hydrogens is 1420 g/mol. The summed E-state index contributed by atoms with van der Waals surface area (Å²) in [5.74, 6) is -10.7. The maximum atomic E-state index is 13.8. The molecule has 4 heterocycles. The number of benzene rings is 2. The number of carbonyl (C=O) groups is 6. The first-order chi connectivity index (χ1) is 52.4. The maximum absolute atomic E-state index is 13.8. The molecule has 612 valence electrons. The van der Waals surface area contributed by atoms with E-state index in [-0.39, 0.29) is 46.3 Å². The van der Waals surface area contributed by atoms with Crippen molar-refractivity contribution >= 4 is 35.4 Å². The number of carbonyl (C=O) groups excluding carboxylic acids is 4. The lowest BCUT2D eigenvalue weighted by molar-refractivity contribution is -0.386. The number of amides is 3. The molecule has 1 aliphatic carbocycles. The lowest BCUT2D eigenvalue weighted by atomic mass is 9.74. The summed E-state index contributed by atoms with van der Waals surface area (Å²) in [7, 11) is 0. The molecule has 3 saturated heterocycles. The van der Waals surface area contributed by atoms with Gasteiger partial charge < -0.3 is 115 Å². The topological polar surface area (TPSA) is 466 Å². The number of nitrogens with one attached hydrogen (secondary N) is 3. The van der Waals surface area contributed by atoms with Gasteiger partial charge in [-0.2, -0.15) is 0 Å². The highest BCUT2D eigenvalue weighted by Gasteiger charge is 2.60. The second kappa shape index (κ2) is 46.0. The number of phenols is 1. The highest BCUT2D eigenvalue weighted by molar-refractivity contribution is 6.01. The minimum atomic E-state index is -3.25. The predicted octanol–water partition coefficient (Wildman–Crippen LogP) is 6.17. The van der Waals surface area contributed by atoms with Crippen molar-refractivity contribution in [3.8, 4) is 11.5 Å². The molecule has 0 aromatic heterocycles. The lowest BCUT2D eigenvalue weighted by Crippen LogP contribution is -2.71. The molecular formula is C80H121N3O26. The van der Waals surface area contributed by atoms with Crippen LogP contribution < -0.4 is 20.7 Å². The second-order valence-corrected chi connectivity index (χ2v) is 29.7. The fraction of sp³-hybridized carbons (Fsp3) is 0.700. The number of ether oxygens (including phenoxy) is 7. The van der Waals surface area contributed by atoms with Crippen molar-refractivity contribution in [3.63, 3.8) is 0 Å². The van der Waals surface area contributed by atoms with Crippen LogP contribution in [0.4, 0.5) is 0 Å². The summed E-state index contributed by atoms with van der Waals surface area (Å²) in [4.78, 5) is 78.8. The number of unbranched alkanes of at least 4 members (excludes halogenated alkanes) is 25. The fourth-order valence-electron chi connectivity index (χ4n) is 14.9. The van der Waals surface area contributed by atoms with Gasteiger partial charge in [0.2, 0.25) is 11.8 Å². The number of aliphatic carboxylic acids is 1. The SMILES string of the molecule is CCCCCCCCCCCCC/C=C/[C@@H](O)[C@H](CO[C@@H]1O[C@H](CO)[C@@H](O[C@@H]2O[C@H](CO)[C@H](O)[C@H](O[C@]3(C(=O)O)C[C@H](O)[C@@H](NC(C)=O)[C@H]([C@H](O)[C@H](O)CNC(=O)c4ccc(C5c6ccc(O)cc6OC6=CC(=O)C=CC65)c(C(=O)O)c4)O3)[C@H]2O)[C@H](O)[C@H]1O)NC(=O)CCCCCCCCCCCCCCCCC. The van der Waals surface area contributed by atoms with Gasteiger partial charge in [0, 0.05) is 61.4 Å². The highest BCUT2D eigenvalue weighted by atomic mass is 16.8. The Morgan fingerprint density at radius 2 is 1.26 bits per heavy atom. The third-order valence-corrected chi connectivity index (χ3v) is 21.1. The quantitative estimate of drug-likeness (QED) is 0.0260. The molecule has 4 aliphatic heterocycles. The van der Waals surface area contributed by atoms with E-state index in [1.54, 1.807) is 12.2 Å². The predicted molar refractivity (Wildman–Crippen MR) is 396 cm³/mol. The molecule has 0 bridgehead atoms. The Bertz CT molecular complexity index is 3260. The lowest BCUT2D eigenvalue weighted by Gasteiger charge is -2.50. The van der Waals surface area contributed by atoms with Crippen molar-refractivity contribution in [2.24, 2.45) is 5.92 Å². The minimum Gasteiger partial charge on any atom is -0.508 e. The molecule has 0 radical (unpaired) electrons. The zero-order valence-electron chi connectivity index (χ0n) is 63.3. The molecule has 29 nitrogen and oxygen atoms in total. The van der Waals surface area contributed by atoms with Crippen LogP contribution in [0.15, 0.2) is 72.5 Å². The molecule has 2 unspecified atom stereocenters. The van der Waals surface area contributed by atoms with Crippen molar-refractivity contribution in [3.05, 3.63) is 94.8 Å². The third-order valence-electron chi connectivity index (χ3n) is 21.1. The average Bonchev–Trinajstić information content (AvgIpc) is 0.757. The summed E-state index contributed by atoms with van der Waals surface area (Å²) in [6.45, 7) is 2.04. The number of rotatable bonds is 49. The molecule has 0 saturated carbocycles. The van der Waals surface area contributed by atoms with E-state index >= 15 is 0 Å². The standard InChI is InChI=1S/C80H121N3O26/c1-4-6-8-10-12-14-16-18-19-21-23-25-27-29-31-33-64(92)83-56(57(89)32-30-28-26-24-22-20-17-15-13-11-9-7-5-2)47-103-77-70(96)69(95)72(63(46-85)106-77)107-78-71(97)74(68(94)62(45-84)105-78)109-80(79(101)102)43-58(90)66(82-48(3)86)73(108-80)67(93)59(91)44-81-75(98)49-34-37-52(55(40-49)76(99)100)65-53-38-35-50(87)41-60(53)104-61-42-51(88)36-39-54(61)65/h30,32,34-42,53,56-59,62-63,65-74,77-78,84-85,88-91,93-97H,4-29,31,33,43-47H2,1-3H3,(H,81,98)(H,82,86)(H,83,92)(H,99,100)(H,101,102)/b32-30+/t53?,56-,57+,58-,59+,62+,63+,65?,66+,67+,68-,69+,70+,71+,72+,73+,74-,77+,78-,80-/m0/s1. The maximum Gasteiger partial charge on any atom is 0.364 e. The van der Waals surface area contributed by atoms with Crippen molar-refractivity contribution in [2.45, 2.75) is 323 Å². The van der Waals surface area contributed by atoms with Crippen LogP contribution in [0, 0.1) is 5.92 Å². The van der Waals surface area contributed by atoms with Crippen molar-refractivity contribution in [2.75, 3.05) is 26.4 Å². The first-order valence-electron chi connectivity index (χ1n) is 39.5. The number of carboxylic acids is 2. The normalized spacial score (nSPS) is 27.9. The van der Waals surface area contributed by atoms with Gasteiger partial charge in [0.1, 0.15) is 78.3 Å². The number of hydrogen-bond donors (Lipinski definition) is 16. The molecule has 109 heavy (non-hydrogen) atoms. The fourth-order valence-corrected chi connectivity index (χ4v) is 14.9. The number of carboxylic acid groups (broad SMARTS) is 2. The van der Waals surface area contributed by atoms with Gasteiger partial charge in [-0.15, -0.1) is 0 Å². The van der Waals surface area contributed by atoms with Gasteiger partial charge in [0.05, 0.1) is 55.8 Å². The van der Waals surface area contributed by atoms with Gasteiger partial charge in [-0.05, 0) is 49.1 Å². The Morgan fingerprint density at radius 1 is 0.679 bits per heavy atom. The van der Waals surface area contributed by atoms with Crippen molar-refractivity contribution in [1.82, 2.24) is 16.0 Å². The summed E-state index contributed by atoms with van der Waals surface area (Å²) in [5.41, 5.74) is 0.0146. The van der Waals surface area contributed by atoms with Crippen LogP contribution in [-0.2, 0) is 47.6 Å². The molecule has 5 aliphatic rings. The first kappa shape index (κ1) is 89.8. The third kappa shape index (κ3) is 26.4. The van der Waals surface area contributed by atoms with Crippen molar-refractivity contribution < 1.29 is 128 Å². The van der Waals surface area contributed by atoms with E-state index in [9.17, 15) is 95.2 Å². The number of hydrogen-bond acceptors (Lipinski definition) is 24. The van der Waals surface area contributed by atoms with Gasteiger partial charge in [0.25, 0.3) is 11.7 Å². The smallest absolute Gasteiger partial charge is 0.364 e. The van der Waals surface area contributed by atoms with E-state index < -0.39 is 184 Å². The number of aromatic carboxylic acids is 1. The number of aromatic hydroxyl groups is 1.